The second kappa shape index (κ2) is 12.2. The summed E-state index contributed by atoms with van der Waals surface area (Å²) >= 11 is 0. The second-order valence-electron chi connectivity index (χ2n) is 9.07. The van der Waals surface area contributed by atoms with Crippen molar-refractivity contribution in [2.45, 2.75) is 51.2 Å². The van der Waals surface area contributed by atoms with E-state index in [1.54, 1.807) is 0 Å². The van der Waals surface area contributed by atoms with Gasteiger partial charge in [-0.3, -0.25) is 0 Å². The highest BCUT2D eigenvalue weighted by molar-refractivity contribution is 5.17. The summed E-state index contributed by atoms with van der Waals surface area (Å²) < 4.78 is 31.6. The monoisotopic (exact) mass is 484 g/mol. The second-order valence-corrected chi connectivity index (χ2v) is 9.07. The van der Waals surface area contributed by atoms with E-state index in [0.717, 1.165) is 28.2 Å². The molecule has 3 aromatic carbocycles. The van der Waals surface area contributed by atoms with Crippen LogP contribution in [0.2, 0.25) is 0 Å². The van der Waals surface area contributed by atoms with E-state index in [4.69, 9.17) is 23.4 Å². The lowest BCUT2D eigenvalue weighted by atomic mass is 10.1. The molecule has 1 saturated heterocycles. The number of hydrogen-bond donors (Lipinski definition) is 0. The molecule has 0 N–H and O–H groups in total. The van der Waals surface area contributed by atoms with Crippen molar-refractivity contribution in [3.05, 3.63) is 131 Å². The molecule has 0 unspecified atom stereocenters. The van der Waals surface area contributed by atoms with E-state index < -0.39 is 6.10 Å². The van der Waals surface area contributed by atoms with Gasteiger partial charge in [0.15, 0.2) is 0 Å². The molecular formula is C31H32O5. The predicted molar refractivity (Wildman–Crippen MR) is 137 cm³/mol. The first-order chi connectivity index (χ1) is 17.8. The third kappa shape index (κ3) is 6.31. The van der Waals surface area contributed by atoms with Crippen LogP contribution >= 0.6 is 0 Å². The molecule has 1 aromatic heterocycles. The molecule has 0 bridgehead atoms. The van der Waals surface area contributed by atoms with Gasteiger partial charge >= 0.3 is 0 Å². The van der Waals surface area contributed by atoms with Crippen molar-refractivity contribution in [3.63, 3.8) is 0 Å². The smallest absolute Gasteiger partial charge is 0.144 e. The summed E-state index contributed by atoms with van der Waals surface area (Å²) in [6.07, 6.45) is -1.40. The van der Waals surface area contributed by atoms with Gasteiger partial charge in [0.1, 0.15) is 35.9 Å². The fourth-order valence-electron chi connectivity index (χ4n) is 4.48. The first-order valence-corrected chi connectivity index (χ1v) is 12.4. The van der Waals surface area contributed by atoms with Crippen molar-refractivity contribution in [1.29, 1.82) is 0 Å². The summed E-state index contributed by atoms with van der Waals surface area (Å²) in [5.41, 5.74) is 3.31. The van der Waals surface area contributed by atoms with Gasteiger partial charge in [0, 0.05) is 0 Å². The summed E-state index contributed by atoms with van der Waals surface area (Å²) in [6, 6.07) is 34.3. The zero-order valence-corrected chi connectivity index (χ0v) is 20.5. The van der Waals surface area contributed by atoms with Crippen LogP contribution in [0.4, 0.5) is 0 Å². The van der Waals surface area contributed by atoms with Gasteiger partial charge in [0.2, 0.25) is 0 Å². The first kappa shape index (κ1) is 24.5. The van der Waals surface area contributed by atoms with Gasteiger partial charge in [0.25, 0.3) is 0 Å². The van der Waals surface area contributed by atoms with Crippen LogP contribution in [0.15, 0.2) is 108 Å². The average Bonchev–Trinajstić information content (AvgIpc) is 3.51. The molecule has 1 fully saturated rings. The van der Waals surface area contributed by atoms with Crippen molar-refractivity contribution < 1.29 is 23.4 Å². The molecule has 0 amide bonds. The van der Waals surface area contributed by atoms with Crippen LogP contribution < -0.4 is 0 Å². The lowest BCUT2D eigenvalue weighted by Gasteiger charge is -2.25. The van der Waals surface area contributed by atoms with E-state index in [9.17, 15) is 0 Å². The molecule has 0 saturated carbocycles. The summed E-state index contributed by atoms with van der Waals surface area (Å²) in [5, 5.41) is 0. The number of rotatable bonds is 11. The Morgan fingerprint density at radius 1 is 0.611 bits per heavy atom. The summed E-state index contributed by atoms with van der Waals surface area (Å²) in [4.78, 5) is 0. The van der Waals surface area contributed by atoms with E-state index in [1.165, 1.54) is 0 Å². The lowest BCUT2D eigenvalue weighted by Crippen LogP contribution is -2.37. The zero-order chi connectivity index (χ0) is 24.6. The highest BCUT2D eigenvalue weighted by atomic mass is 16.6. The Balaban J connectivity index is 1.35. The van der Waals surface area contributed by atoms with Gasteiger partial charge in [0.05, 0.1) is 26.4 Å². The van der Waals surface area contributed by atoms with Crippen LogP contribution in [-0.4, -0.2) is 24.9 Å². The zero-order valence-electron chi connectivity index (χ0n) is 20.5. The van der Waals surface area contributed by atoms with Gasteiger partial charge in [-0.1, -0.05) is 91.0 Å². The molecule has 5 heteroatoms. The number of hydrogen-bond acceptors (Lipinski definition) is 5. The normalized spacial score (nSPS) is 21.6. The molecule has 4 atom stereocenters. The largest absolute Gasteiger partial charge is 0.464 e. The molecule has 2 heterocycles. The van der Waals surface area contributed by atoms with Crippen LogP contribution in [-0.2, 0) is 38.8 Å². The van der Waals surface area contributed by atoms with Gasteiger partial charge < -0.3 is 23.4 Å². The average molecular weight is 485 g/mol. The SMILES string of the molecule is Cc1ccc([C@@H]2O[C@H](COCc3ccccc3)[C@@H](OCc3ccccc3)[C@@H]2OCc2ccccc2)o1. The minimum absolute atomic E-state index is 0.311. The summed E-state index contributed by atoms with van der Waals surface area (Å²) in [5.74, 6) is 1.57. The standard InChI is InChI=1S/C31H32O5/c1-23-17-18-27(35-23)30-31(34-21-26-15-9-4-10-16-26)29(33-20-25-13-7-3-8-14-25)28(36-30)22-32-19-24-11-5-2-6-12-24/h2-18,28-31H,19-22H2,1H3/t28-,29-,30+,31+/m1/s1. The summed E-state index contributed by atoms with van der Waals surface area (Å²) in [6.45, 7) is 3.73. The molecule has 5 nitrogen and oxygen atoms in total. The van der Waals surface area contributed by atoms with Crippen LogP contribution in [0.1, 0.15) is 34.3 Å². The number of furan rings is 1. The van der Waals surface area contributed by atoms with Crippen LogP contribution in [0.3, 0.4) is 0 Å². The van der Waals surface area contributed by atoms with Crippen molar-refractivity contribution in [1.82, 2.24) is 0 Å². The minimum Gasteiger partial charge on any atom is -0.464 e. The molecule has 5 rings (SSSR count). The van der Waals surface area contributed by atoms with Crippen molar-refractivity contribution >= 4 is 0 Å². The maximum Gasteiger partial charge on any atom is 0.144 e. The number of ether oxygens (including phenoxy) is 4. The Morgan fingerprint density at radius 3 is 1.67 bits per heavy atom. The van der Waals surface area contributed by atoms with E-state index in [1.807, 2.05) is 73.7 Å². The van der Waals surface area contributed by atoms with Crippen LogP contribution in [0.5, 0.6) is 0 Å². The highest BCUT2D eigenvalue weighted by Gasteiger charge is 2.48. The molecule has 0 spiro atoms. The Hall–Kier alpha value is -3.22. The Kier molecular flexibility index (Phi) is 8.26. The van der Waals surface area contributed by atoms with Crippen LogP contribution in [0, 0.1) is 6.92 Å². The lowest BCUT2D eigenvalue weighted by molar-refractivity contribution is -0.0899. The van der Waals surface area contributed by atoms with Crippen molar-refractivity contribution in [2.75, 3.05) is 6.61 Å². The van der Waals surface area contributed by atoms with Gasteiger partial charge in [-0.15, -0.1) is 0 Å². The topological polar surface area (TPSA) is 50.1 Å². The van der Waals surface area contributed by atoms with E-state index >= 15 is 0 Å². The summed E-state index contributed by atoms with van der Waals surface area (Å²) in [7, 11) is 0. The number of benzene rings is 3. The fourth-order valence-corrected chi connectivity index (χ4v) is 4.48. The quantitative estimate of drug-likeness (QED) is 0.246. The highest BCUT2D eigenvalue weighted by Crippen LogP contribution is 2.39. The molecule has 36 heavy (non-hydrogen) atoms. The first-order valence-electron chi connectivity index (χ1n) is 12.4. The number of aryl methyl sites for hydroxylation is 1. The molecule has 4 aromatic rings. The Labute approximate surface area is 212 Å². The van der Waals surface area contributed by atoms with E-state index in [0.29, 0.717) is 26.4 Å². The van der Waals surface area contributed by atoms with Crippen molar-refractivity contribution in [2.24, 2.45) is 0 Å². The molecule has 186 valence electrons. The van der Waals surface area contributed by atoms with Gasteiger partial charge in [-0.05, 0) is 35.7 Å². The fraction of sp³-hybridized carbons (Fsp3) is 0.290. The maximum atomic E-state index is 6.53. The molecule has 1 aliphatic rings. The minimum atomic E-state index is -0.395. The van der Waals surface area contributed by atoms with Crippen molar-refractivity contribution in [3.8, 4) is 0 Å². The Bertz CT molecular complexity index is 1180. The van der Waals surface area contributed by atoms with Crippen LogP contribution in [0.25, 0.3) is 0 Å². The predicted octanol–water partition coefficient (Wildman–Crippen LogP) is 6.42. The molecule has 1 aliphatic heterocycles. The molecule has 0 aliphatic carbocycles. The van der Waals surface area contributed by atoms with E-state index in [2.05, 4.69) is 36.4 Å². The van der Waals surface area contributed by atoms with Gasteiger partial charge in [-0.2, -0.15) is 0 Å². The third-order valence-electron chi connectivity index (χ3n) is 6.32. The van der Waals surface area contributed by atoms with Gasteiger partial charge in [-0.25, -0.2) is 0 Å². The molecular weight excluding hydrogens is 452 g/mol. The third-order valence-corrected chi connectivity index (χ3v) is 6.32. The maximum absolute atomic E-state index is 6.53. The Morgan fingerprint density at radius 2 is 1.14 bits per heavy atom. The molecule has 0 radical (unpaired) electrons. The van der Waals surface area contributed by atoms with E-state index in [-0.39, 0.29) is 18.3 Å².